The molecule has 6 unspecified atom stereocenters. The van der Waals surface area contributed by atoms with Crippen LogP contribution in [0.25, 0.3) is 111 Å². The number of hydrogen-bond acceptors (Lipinski definition) is 0. The van der Waals surface area contributed by atoms with E-state index < -0.39 is 0 Å². The number of allylic oxidation sites excluding steroid dienone is 4. The Morgan fingerprint density at radius 3 is 1.58 bits per heavy atom. The van der Waals surface area contributed by atoms with E-state index in [0.29, 0.717) is 17.8 Å². The van der Waals surface area contributed by atoms with E-state index in [0.717, 1.165) is 35.3 Å². The van der Waals surface area contributed by atoms with E-state index in [9.17, 15) is 0 Å². The van der Waals surface area contributed by atoms with Crippen LogP contribution in [0.3, 0.4) is 0 Å². The zero-order valence-corrected chi connectivity index (χ0v) is 49.9. The molecule has 0 amide bonds. The topological polar surface area (TPSA) is 9.86 Å². The van der Waals surface area contributed by atoms with E-state index in [1.165, 1.54) is 131 Å². The quantitative estimate of drug-likeness (QED) is 0.134. The van der Waals surface area contributed by atoms with E-state index in [1.807, 2.05) is 18.2 Å². The molecule has 11 aromatic carbocycles. The van der Waals surface area contributed by atoms with Gasteiger partial charge in [-0.3, -0.25) is 0 Å². The Bertz CT molecular complexity index is 5120. The molecule has 0 aliphatic heterocycles. The van der Waals surface area contributed by atoms with Crippen molar-refractivity contribution in [2.45, 2.75) is 80.0 Å². The Balaban J connectivity index is 0.807. The minimum atomic E-state index is -0.108. The average Bonchev–Trinajstić information content (AvgIpc) is 1.21. The number of aromatic nitrogens is 2. The first-order valence-electron chi connectivity index (χ1n) is 32.1. The fourth-order valence-electron chi connectivity index (χ4n) is 19.7. The second-order valence-electron chi connectivity index (χ2n) is 26.5. The molecule has 2 spiro atoms. The monoisotopic (exact) mass is 1130 g/mol. The summed E-state index contributed by atoms with van der Waals surface area (Å²) in [5.74, 6) is 1.17. The second-order valence-corrected chi connectivity index (χ2v) is 26.5. The fraction of sp³-hybridized carbons (Fsp3) is 0.163. The maximum Gasteiger partial charge on any atom is 0.0541 e. The van der Waals surface area contributed by atoms with Gasteiger partial charge in [-0.25, -0.2) is 0 Å². The molecule has 2 nitrogen and oxygen atoms in total. The van der Waals surface area contributed by atoms with Gasteiger partial charge in [0.25, 0.3) is 0 Å². The first-order chi connectivity index (χ1) is 43.4. The molecule has 422 valence electrons. The minimum absolute atomic E-state index is 0.0929. The summed E-state index contributed by atoms with van der Waals surface area (Å²) in [7, 11) is 0. The molecule has 6 atom stereocenters. The van der Waals surface area contributed by atoms with Gasteiger partial charge in [0.05, 0.1) is 22.1 Å². The molecule has 88 heavy (non-hydrogen) atoms. The van der Waals surface area contributed by atoms with Gasteiger partial charge >= 0.3 is 0 Å². The Kier molecular flexibility index (Phi) is 11.3. The van der Waals surface area contributed by atoms with Crippen LogP contribution in [-0.4, -0.2) is 9.13 Å². The van der Waals surface area contributed by atoms with Crippen molar-refractivity contribution in [3.63, 3.8) is 0 Å². The number of para-hydroxylation sites is 2. The summed E-state index contributed by atoms with van der Waals surface area (Å²) in [5, 5.41) is 4.93. The van der Waals surface area contributed by atoms with E-state index in [1.54, 1.807) is 22.3 Å². The molecule has 0 saturated heterocycles. The predicted octanol–water partition coefficient (Wildman–Crippen LogP) is 22.4. The molecule has 3 fully saturated rings. The lowest BCUT2D eigenvalue weighted by Crippen LogP contribution is -2.66. The van der Waals surface area contributed by atoms with Gasteiger partial charge in [-0.05, 0) is 213 Å². The van der Waals surface area contributed by atoms with Crippen molar-refractivity contribution in [2.75, 3.05) is 0 Å². The number of nitrogens with zero attached hydrogens (tertiary/aromatic N) is 2. The van der Waals surface area contributed by atoms with Crippen molar-refractivity contribution >= 4 is 49.3 Å². The largest absolute Gasteiger partial charge is 0.309 e. The molecule has 5 aliphatic rings. The maximum atomic E-state index is 4.17. The zero-order chi connectivity index (χ0) is 58.5. The molecule has 2 heterocycles. The molecular weight excluding hydrogens is 1060 g/mol. The van der Waals surface area contributed by atoms with Crippen LogP contribution in [0.5, 0.6) is 0 Å². The van der Waals surface area contributed by atoms with Crippen molar-refractivity contribution in [1.29, 1.82) is 0 Å². The third kappa shape index (κ3) is 7.12. The first kappa shape index (κ1) is 51.5. The summed E-state index contributed by atoms with van der Waals surface area (Å²) < 4.78 is 4.78. The number of aryl methyl sites for hydroxylation is 1. The molecule has 0 N–H and O–H groups in total. The van der Waals surface area contributed by atoms with Crippen LogP contribution >= 0.6 is 0 Å². The lowest BCUT2D eigenvalue weighted by molar-refractivity contribution is -0.0728. The summed E-state index contributed by atoms with van der Waals surface area (Å²) in [5.41, 5.74) is 29.4. The van der Waals surface area contributed by atoms with Crippen LogP contribution in [0.4, 0.5) is 0 Å². The van der Waals surface area contributed by atoms with Crippen molar-refractivity contribution in [3.8, 4) is 61.3 Å². The number of rotatable bonds is 8. The highest BCUT2D eigenvalue weighted by molar-refractivity contribution is 6.13. The van der Waals surface area contributed by atoms with Gasteiger partial charge < -0.3 is 9.13 Å². The summed E-state index contributed by atoms with van der Waals surface area (Å²) in [4.78, 5) is 0. The molecule has 3 saturated carbocycles. The lowest BCUT2D eigenvalue weighted by Gasteiger charge is -2.70. The smallest absolute Gasteiger partial charge is 0.0541 e. The van der Waals surface area contributed by atoms with Gasteiger partial charge in [0.1, 0.15) is 0 Å². The number of fused-ring (bicyclic) bond motifs is 16. The zero-order valence-electron chi connectivity index (χ0n) is 49.9. The van der Waals surface area contributed by atoms with Crippen LogP contribution in [0, 0.1) is 12.8 Å². The van der Waals surface area contributed by atoms with Crippen molar-refractivity contribution in [2.24, 2.45) is 5.92 Å². The Labute approximate surface area is 516 Å². The number of hydrogen-bond donors (Lipinski definition) is 0. The van der Waals surface area contributed by atoms with Crippen molar-refractivity contribution in [3.05, 3.63) is 313 Å². The highest BCUT2D eigenvalue weighted by Crippen LogP contribution is 2.77. The predicted molar refractivity (Wildman–Crippen MR) is 370 cm³/mol. The van der Waals surface area contributed by atoms with E-state index in [-0.39, 0.29) is 16.2 Å². The Hall–Kier alpha value is -9.76. The van der Waals surface area contributed by atoms with Gasteiger partial charge in [0, 0.05) is 49.2 Å². The summed E-state index contributed by atoms with van der Waals surface area (Å²) in [6.07, 6.45) is 14.0. The SMILES string of the molecule is C=C/C=C(\C=C)n1c2ccccc2c2cc(-c3ccc4c(c3)c3ccccc3n4-c3ccc(-c4cccc5c4-c4ccccc4C4CC67CC(CC8(c9ccccc9-c9ccccc9C)CCCC5(C4)C86)c4ccccc4-c4ccccc47)cc3)ccc21. The third-order valence-corrected chi connectivity index (χ3v) is 22.5. The van der Waals surface area contributed by atoms with Gasteiger partial charge in [0.2, 0.25) is 0 Å². The normalized spacial score (nSPS) is 22.2. The van der Waals surface area contributed by atoms with E-state index in [2.05, 4.69) is 278 Å². The van der Waals surface area contributed by atoms with Gasteiger partial charge in [-0.1, -0.05) is 226 Å². The molecule has 5 aliphatic carbocycles. The highest BCUT2D eigenvalue weighted by Gasteiger charge is 2.70. The van der Waals surface area contributed by atoms with Crippen molar-refractivity contribution in [1.82, 2.24) is 9.13 Å². The van der Waals surface area contributed by atoms with Crippen LogP contribution < -0.4 is 0 Å². The summed E-state index contributed by atoms with van der Waals surface area (Å²) in [6.45, 7) is 10.5. The average molecular weight is 1130 g/mol. The van der Waals surface area contributed by atoms with Crippen LogP contribution in [0.15, 0.2) is 280 Å². The van der Waals surface area contributed by atoms with Gasteiger partial charge in [-0.2, -0.15) is 0 Å². The van der Waals surface area contributed by atoms with Gasteiger partial charge in [-0.15, -0.1) is 0 Å². The maximum absolute atomic E-state index is 4.17. The van der Waals surface area contributed by atoms with Crippen LogP contribution in [0.2, 0.25) is 0 Å². The van der Waals surface area contributed by atoms with E-state index >= 15 is 0 Å². The van der Waals surface area contributed by atoms with Crippen molar-refractivity contribution < 1.29 is 0 Å². The molecule has 4 bridgehead atoms. The standard InChI is InChI=1S/C86H68N2/c1-4-22-61(5-2)87-78-37-18-14-30-70(78)73-49-57(41-45-80(73)87)58-42-46-81-74(50-58)71-31-15-19-38-79(71)88(81)62-43-39-56(40-44-62)66-33-20-36-77-82(66)72-32-11-9-26-65(72)60-52-85(77)48-21-47-84(75-34-16-12-28-68(75)63-24-7-6-23-55(63)3)51-59-53-86(54-60,83(84)85)76-35-17-13-29-69(76)67-27-10-8-25-64(59)67/h4-20,22-46,49-50,59-60,83H,1-2,21,47-48,51-54H2,3H3/b61-22+. The van der Waals surface area contributed by atoms with Crippen LogP contribution in [0.1, 0.15) is 90.2 Å². The summed E-state index contributed by atoms with van der Waals surface area (Å²) >= 11 is 0. The first-order valence-corrected chi connectivity index (χ1v) is 32.1. The molecule has 18 rings (SSSR count). The molecule has 13 aromatic rings. The van der Waals surface area contributed by atoms with E-state index in [4.69, 9.17) is 0 Å². The number of benzene rings is 11. The molecule has 2 aromatic heterocycles. The minimum Gasteiger partial charge on any atom is -0.309 e. The fourth-order valence-corrected chi connectivity index (χ4v) is 19.7. The second kappa shape index (κ2) is 19.4. The molecule has 2 heteroatoms. The molecule has 0 radical (unpaired) electrons. The lowest BCUT2D eigenvalue weighted by atomic mass is 9.33. The third-order valence-electron chi connectivity index (χ3n) is 22.5. The van der Waals surface area contributed by atoms with Gasteiger partial charge in [0.15, 0.2) is 0 Å². The Morgan fingerprint density at radius 2 is 0.886 bits per heavy atom. The summed E-state index contributed by atoms with van der Waals surface area (Å²) in [6, 6.07) is 96.8. The van der Waals surface area contributed by atoms with Crippen LogP contribution in [-0.2, 0) is 16.2 Å². The highest BCUT2D eigenvalue weighted by atomic mass is 15.0. The Morgan fingerprint density at radius 1 is 0.409 bits per heavy atom. The molecular formula is C86H68N2.